The number of carbonyl (C=O) groups is 5. The molecule has 0 aromatic rings. The molecule has 0 fully saturated rings. The fourth-order valence-corrected chi connectivity index (χ4v) is 1.81. The standard InChI is InChI=1S/C14H24N4O7/c1-3-8(13(22)23)17-10(19)5-4-9(14(24)25)18-12(21)7(15)6-11(20)16-2/h7-9H,3-6,15H2,1-2H3,(H,16,20)(H,17,19)(H,18,21)(H,22,23)(H,24,25)/t7-,8-,9-/m0/s1. The van der Waals surface area contributed by atoms with Crippen molar-refractivity contribution in [1.82, 2.24) is 16.0 Å². The Balaban J connectivity index is 4.59. The molecule has 0 saturated heterocycles. The Morgan fingerprint density at radius 3 is 1.96 bits per heavy atom. The molecule has 3 atom stereocenters. The summed E-state index contributed by atoms with van der Waals surface area (Å²) in [6.45, 7) is 1.58. The highest BCUT2D eigenvalue weighted by molar-refractivity contribution is 5.91. The zero-order valence-electron chi connectivity index (χ0n) is 14.1. The van der Waals surface area contributed by atoms with E-state index < -0.39 is 47.8 Å². The van der Waals surface area contributed by atoms with Gasteiger partial charge in [0.1, 0.15) is 12.1 Å². The number of nitrogens with two attached hydrogens (primary N) is 1. The van der Waals surface area contributed by atoms with Crippen molar-refractivity contribution in [2.45, 2.75) is 50.7 Å². The number of amides is 3. The third kappa shape index (κ3) is 8.65. The van der Waals surface area contributed by atoms with Crippen LogP contribution in [0.2, 0.25) is 0 Å². The maximum Gasteiger partial charge on any atom is 0.326 e. The topological polar surface area (TPSA) is 188 Å². The highest BCUT2D eigenvalue weighted by Crippen LogP contribution is 2.01. The molecule has 0 heterocycles. The van der Waals surface area contributed by atoms with Gasteiger partial charge in [0.15, 0.2) is 0 Å². The normalized spacial score (nSPS) is 13.9. The first kappa shape index (κ1) is 22.3. The number of nitrogens with one attached hydrogen (secondary N) is 3. The van der Waals surface area contributed by atoms with E-state index in [0.717, 1.165) is 0 Å². The van der Waals surface area contributed by atoms with Crippen LogP contribution in [0.5, 0.6) is 0 Å². The maximum absolute atomic E-state index is 11.8. The van der Waals surface area contributed by atoms with Gasteiger partial charge in [0.2, 0.25) is 17.7 Å². The molecule has 0 saturated carbocycles. The SMILES string of the molecule is CC[C@H](NC(=O)CC[C@H](NC(=O)[C@@H](N)CC(=O)NC)C(=O)O)C(=O)O. The van der Waals surface area contributed by atoms with Crippen molar-refractivity contribution in [2.75, 3.05) is 7.05 Å². The van der Waals surface area contributed by atoms with Crippen LogP contribution < -0.4 is 21.7 Å². The zero-order chi connectivity index (χ0) is 19.6. The second kappa shape index (κ2) is 11.0. The van der Waals surface area contributed by atoms with Crippen LogP contribution >= 0.6 is 0 Å². The lowest BCUT2D eigenvalue weighted by molar-refractivity contribution is -0.143. The van der Waals surface area contributed by atoms with Gasteiger partial charge in [-0.2, -0.15) is 0 Å². The summed E-state index contributed by atoms with van der Waals surface area (Å²) >= 11 is 0. The van der Waals surface area contributed by atoms with Gasteiger partial charge in [0, 0.05) is 13.5 Å². The predicted octanol–water partition coefficient (Wildman–Crippen LogP) is -2.22. The van der Waals surface area contributed by atoms with Crippen LogP contribution in [0, 0.1) is 0 Å². The van der Waals surface area contributed by atoms with Crippen molar-refractivity contribution < 1.29 is 34.2 Å². The van der Waals surface area contributed by atoms with Crippen LogP contribution in [0.4, 0.5) is 0 Å². The Hall–Kier alpha value is -2.69. The van der Waals surface area contributed by atoms with Crippen LogP contribution in [-0.2, 0) is 24.0 Å². The number of carboxylic acid groups (broad SMARTS) is 2. The lowest BCUT2D eigenvalue weighted by Gasteiger charge is -2.18. The monoisotopic (exact) mass is 360 g/mol. The second-order valence-corrected chi connectivity index (χ2v) is 5.29. The fourth-order valence-electron chi connectivity index (χ4n) is 1.81. The molecule has 3 amide bonds. The summed E-state index contributed by atoms with van der Waals surface area (Å²) in [5.74, 6) is -4.54. The van der Waals surface area contributed by atoms with Gasteiger partial charge >= 0.3 is 11.9 Å². The van der Waals surface area contributed by atoms with E-state index in [1.54, 1.807) is 6.92 Å². The van der Waals surface area contributed by atoms with Crippen LogP contribution in [0.25, 0.3) is 0 Å². The maximum atomic E-state index is 11.8. The number of carboxylic acids is 2. The van der Waals surface area contributed by atoms with Gasteiger partial charge in [-0.25, -0.2) is 9.59 Å². The number of aliphatic carboxylic acids is 2. The molecule has 142 valence electrons. The van der Waals surface area contributed by atoms with Crippen LogP contribution in [0.1, 0.15) is 32.6 Å². The van der Waals surface area contributed by atoms with Crippen molar-refractivity contribution in [3.05, 3.63) is 0 Å². The molecule has 0 unspecified atom stereocenters. The fraction of sp³-hybridized carbons (Fsp3) is 0.643. The van der Waals surface area contributed by atoms with E-state index in [9.17, 15) is 24.0 Å². The molecule has 25 heavy (non-hydrogen) atoms. The third-order valence-corrected chi connectivity index (χ3v) is 3.34. The molecule has 0 aromatic carbocycles. The summed E-state index contributed by atoms with van der Waals surface area (Å²) in [5, 5.41) is 24.6. The van der Waals surface area contributed by atoms with Crippen LogP contribution in [-0.4, -0.2) is 65.0 Å². The molecule has 0 aliphatic carbocycles. The van der Waals surface area contributed by atoms with Gasteiger partial charge in [-0.3, -0.25) is 14.4 Å². The predicted molar refractivity (Wildman–Crippen MR) is 85.3 cm³/mol. The highest BCUT2D eigenvalue weighted by Gasteiger charge is 2.26. The Morgan fingerprint density at radius 1 is 0.960 bits per heavy atom. The number of rotatable bonds is 11. The number of hydrogen-bond acceptors (Lipinski definition) is 6. The van der Waals surface area contributed by atoms with E-state index in [-0.39, 0.29) is 25.7 Å². The van der Waals surface area contributed by atoms with Gasteiger partial charge in [-0.15, -0.1) is 0 Å². The summed E-state index contributed by atoms with van der Waals surface area (Å²) in [5.41, 5.74) is 5.50. The molecular weight excluding hydrogens is 336 g/mol. The van der Waals surface area contributed by atoms with Crippen LogP contribution in [0.3, 0.4) is 0 Å². The Kier molecular flexibility index (Phi) is 9.79. The minimum atomic E-state index is -1.39. The van der Waals surface area contributed by atoms with Gasteiger partial charge in [0.25, 0.3) is 0 Å². The molecule has 0 spiro atoms. The van der Waals surface area contributed by atoms with Gasteiger partial charge < -0.3 is 31.9 Å². The quantitative estimate of drug-likeness (QED) is 0.239. The lowest BCUT2D eigenvalue weighted by Crippen LogP contribution is -2.50. The molecule has 11 heteroatoms. The lowest BCUT2D eigenvalue weighted by atomic mass is 10.1. The van der Waals surface area contributed by atoms with Gasteiger partial charge in [-0.05, 0) is 12.8 Å². The van der Waals surface area contributed by atoms with E-state index in [1.807, 2.05) is 0 Å². The molecule has 0 aromatic heterocycles. The van der Waals surface area contributed by atoms with E-state index in [0.29, 0.717) is 0 Å². The molecule has 0 radical (unpaired) electrons. The van der Waals surface area contributed by atoms with Gasteiger partial charge in [0.05, 0.1) is 12.5 Å². The van der Waals surface area contributed by atoms with Crippen molar-refractivity contribution >= 4 is 29.7 Å². The molecule has 0 rings (SSSR count). The minimum absolute atomic E-state index is 0.175. The molecular formula is C14H24N4O7. The average molecular weight is 360 g/mol. The summed E-state index contributed by atoms with van der Waals surface area (Å²) in [4.78, 5) is 56.7. The highest BCUT2D eigenvalue weighted by atomic mass is 16.4. The minimum Gasteiger partial charge on any atom is -0.480 e. The van der Waals surface area contributed by atoms with Gasteiger partial charge in [-0.1, -0.05) is 6.92 Å². The van der Waals surface area contributed by atoms with Crippen LogP contribution in [0.15, 0.2) is 0 Å². The number of carbonyl (C=O) groups excluding carboxylic acids is 3. The van der Waals surface area contributed by atoms with Crippen molar-refractivity contribution in [3.8, 4) is 0 Å². The first-order valence-corrected chi connectivity index (χ1v) is 7.63. The summed E-state index contributed by atoms with van der Waals surface area (Å²) < 4.78 is 0. The Bertz CT molecular complexity index is 523. The second-order valence-electron chi connectivity index (χ2n) is 5.29. The Morgan fingerprint density at radius 2 is 1.52 bits per heavy atom. The molecule has 11 nitrogen and oxygen atoms in total. The Labute approximate surface area is 144 Å². The molecule has 0 aliphatic rings. The first-order chi connectivity index (χ1) is 11.6. The van der Waals surface area contributed by atoms with E-state index in [1.165, 1.54) is 7.05 Å². The van der Waals surface area contributed by atoms with Crippen molar-refractivity contribution in [3.63, 3.8) is 0 Å². The summed E-state index contributed by atoms with van der Waals surface area (Å²) in [6.07, 6.45) is -0.693. The number of hydrogen-bond donors (Lipinski definition) is 6. The summed E-state index contributed by atoms with van der Waals surface area (Å²) in [7, 11) is 1.37. The van der Waals surface area contributed by atoms with Crippen molar-refractivity contribution in [2.24, 2.45) is 5.73 Å². The smallest absolute Gasteiger partial charge is 0.326 e. The average Bonchev–Trinajstić information content (AvgIpc) is 2.55. The first-order valence-electron chi connectivity index (χ1n) is 7.63. The van der Waals surface area contributed by atoms with E-state index in [2.05, 4.69) is 16.0 Å². The van der Waals surface area contributed by atoms with E-state index >= 15 is 0 Å². The summed E-state index contributed by atoms with van der Waals surface area (Å²) in [6, 6.07) is -3.68. The largest absolute Gasteiger partial charge is 0.480 e. The molecule has 0 bridgehead atoms. The third-order valence-electron chi connectivity index (χ3n) is 3.34. The molecule has 7 N–H and O–H groups in total. The van der Waals surface area contributed by atoms with E-state index in [4.69, 9.17) is 15.9 Å². The molecule has 0 aliphatic heterocycles. The zero-order valence-corrected chi connectivity index (χ0v) is 14.1. The van der Waals surface area contributed by atoms with Crippen molar-refractivity contribution in [1.29, 1.82) is 0 Å².